The van der Waals surface area contributed by atoms with Crippen LogP contribution in [-0.4, -0.2) is 17.1 Å². The second kappa shape index (κ2) is 6.06. The van der Waals surface area contributed by atoms with Crippen molar-refractivity contribution in [3.05, 3.63) is 53.5 Å². The fourth-order valence-electron chi connectivity index (χ4n) is 2.01. The predicted octanol–water partition coefficient (Wildman–Crippen LogP) is 2.06. The van der Waals surface area contributed by atoms with Gasteiger partial charge >= 0.3 is 6.18 Å². The topological polar surface area (TPSA) is 73.1 Å². The van der Waals surface area contributed by atoms with E-state index in [1.54, 1.807) is 0 Å². The molecule has 21 heavy (non-hydrogen) atoms. The highest BCUT2D eigenvalue weighted by atomic mass is 19.4. The van der Waals surface area contributed by atoms with Gasteiger partial charge in [-0.1, -0.05) is 18.2 Å². The van der Waals surface area contributed by atoms with Crippen molar-refractivity contribution in [1.29, 1.82) is 0 Å². The predicted molar refractivity (Wildman–Crippen MR) is 69.2 cm³/mol. The lowest BCUT2D eigenvalue weighted by atomic mass is 9.98. The third-order valence-corrected chi connectivity index (χ3v) is 2.90. The van der Waals surface area contributed by atoms with Crippen LogP contribution in [-0.2, 0) is 6.18 Å². The fraction of sp³-hybridized carbons (Fsp3) is 0.231. The molecule has 3 N–H and O–H groups in total. The van der Waals surface area contributed by atoms with Gasteiger partial charge in [-0.05, 0) is 11.6 Å². The number of rotatable bonds is 4. The van der Waals surface area contributed by atoms with Gasteiger partial charge in [0.15, 0.2) is 0 Å². The quantitative estimate of drug-likeness (QED) is 0.667. The number of aromatic nitrogens is 2. The number of nitrogens with two attached hydrogens (primary N) is 1. The van der Waals surface area contributed by atoms with Gasteiger partial charge in [-0.15, -0.1) is 0 Å². The molecule has 2 rings (SSSR count). The maximum absolute atomic E-state index is 13.1. The molecule has 2 aromatic rings. The number of hydrazine groups is 1. The van der Waals surface area contributed by atoms with Gasteiger partial charge in [0.05, 0.1) is 18.7 Å². The first-order chi connectivity index (χ1) is 9.99. The Hall–Kier alpha value is -2.19. The minimum absolute atomic E-state index is 0.0497. The van der Waals surface area contributed by atoms with E-state index in [1.165, 1.54) is 37.7 Å². The smallest absolute Gasteiger partial charge is 0.416 e. The summed E-state index contributed by atoms with van der Waals surface area (Å²) in [5, 5.41) is 0. The van der Waals surface area contributed by atoms with Crippen molar-refractivity contribution < 1.29 is 17.9 Å². The zero-order chi connectivity index (χ0) is 15.5. The molecule has 0 radical (unpaired) electrons. The van der Waals surface area contributed by atoms with Crippen LogP contribution in [0.3, 0.4) is 0 Å². The van der Waals surface area contributed by atoms with E-state index in [2.05, 4.69) is 15.4 Å². The van der Waals surface area contributed by atoms with E-state index < -0.39 is 17.8 Å². The van der Waals surface area contributed by atoms with Gasteiger partial charge in [0.1, 0.15) is 5.69 Å². The van der Waals surface area contributed by atoms with E-state index in [1.807, 2.05) is 0 Å². The first-order valence-corrected chi connectivity index (χ1v) is 5.96. The number of nitrogens with zero attached hydrogens (tertiary/aromatic N) is 2. The number of ether oxygens (including phenoxy) is 1. The van der Waals surface area contributed by atoms with Crippen molar-refractivity contribution in [1.82, 2.24) is 15.4 Å². The van der Waals surface area contributed by atoms with Crippen LogP contribution in [0.25, 0.3) is 0 Å². The molecule has 0 amide bonds. The first kappa shape index (κ1) is 15.2. The van der Waals surface area contributed by atoms with E-state index in [0.717, 1.165) is 6.07 Å². The van der Waals surface area contributed by atoms with E-state index in [9.17, 15) is 13.2 Å². The molecule has 0 saturated heterocycles. The van der Waals surface area contributed by atoms with Crippen LogP contribution in [0.15, 0.2) is 36.7 Å². The number of halogens is 3. The zero-order valence-corrected chi connectivity index (χ0v) is 11.1. The average molecular weight is 298 g/mol. The SMILES string of the molecule is COc1nccnc1C(NN)c1ccccc1C(F)(F)F. The maximum atomic E-state index is 13.1. The Morgan fingerprint density at radius 2 is 1.86 bits per heavy atom. The Morgan fingerprint density at radius 1 is 1.19 bits per heavy atom. The molecule has 1 heterocycles. The molecule has 0 aliphatic heterocycles. The summed E-state index contributed by atoms with van der Waals surface area (Å²) in [6.07, 6.45) is -1.76. The molecule has 1 aromatic heterocycles. The molecule has 0 fully saturated rings. The van der Waals surface area contributed by atoms with Gasteiger partial charge in [-0.2, -0.15) is 13.2 Å². The zero-order valence-electron chi connectivity index (χ0n) is 11.1. The summed E-state index contributed by atoms with van der Waals surface area (Å²) in [5.41, 5.74) is 1.68. The summed E-state index contributed by atoms with van der Waals surface area (Å²) < 4.78 is 44.3. The van der Waals surface area contributed by atoms with Gasteiger partial charge in [0, 0.05) is 12.4 Å². The lowest BCUT2D eigenvalue weighted by Crippen LogP contribution is -2.31. The summed E-state index contributed by atoms with van der Waals surface area (Å²) in [5.74, 6) is 5.54. The van der Waals surface area contributed by atoms with Gasteiger partial charge in [0.25, 0.3) is 0 Å². The minimum Gasteiger partial charge on any atom is -0.480 e. The monoisotopic (exact) mass is 298 g/mol. The van der Waals surface area contributed by atoms with Crippen LogP contribution in [0.5, 0.6) is 5.88 Å². The second-order valence-corrected chi connectivity index (χ2v) is 4.14. The van der Waals surface area contributed by atoms with E-state index in [0.29, 0.717) is 0 Å². The Kier molecular flexibility index (Phi) is 4.39. The molecule has 0 spiro atoms. The summed E-state index contributed by atoms with van der Waals surface area (Å²) in [7, 11) is 1.36. The summed E-state index contributed by atoms with van der Waals surface area (Å²) >= 11 is 0. The Balaban J connectivity index is 2.58. The number of nitrogens with one attached hydrogen (secondary N) is 1. The summed E-state index contributed by atoms with van der Waals surface area (Å²) in [6, 6.07) is 4.14. The second-order valence-electron chi connectivity index (χ2n) is 4.14. The Bertz CT molecular complexity index is 618. The van der Waals surface area contributed by atoms with Crippen LogP contribution in [0.2, 0.25) is 0 Å². The number of methoxy groups -OCH3 is 1. The Labute approximate surface area is 118 Å². The summed E-state index contributed by atoms with van der Waals surface area (Å²) in [6.45, 7) is 0. The van der Waals surface area contributed by atoms with Crippen LogP contribution >= 0.6 is 0 Å². The number of benzene rings is 1. The lowest BCUT2D eigenvalue weighted by Gasteiger charge is -2.21. The molecule has 0 aliphatic carbocycles. The number of alkyl halides is 3. The van der Waals surface area contributed by atoms with Crippen LogP contribution in [0, 0.1) is 0 Å². The van der Waals surface area contributed by atoms with E-state index >= 15 is 0 Å². The van der Waals surface area contributed by atoms with Crippen LogP contribution in [0.4, 0.5) is 13.2 Å². The van der Waals surface area contributed by atoms with Gasteiger partial charge < -0.3 is 4.74 Å². The van der Waals surface area contributed by atoms with Gasteiger partial charge in [0.2, 0.25) is 5.88 Å². The highest BCUT2D eigenvalue weighted by molar-refractivity contribution is 5.39. The minimum atomic E-state index is -4.50. The fourth-order valence-corrected chi connectivity index (χ4v) is 2.01. The normalized spacial score (nSPS) is 13.0. The Morgan fingerprint density at radius 3 is 2.48 bits per heavy atom. The van der Waals surface area contributed by atoms with Gasteiger partial charge in [-0.3, -0.25) is 10.8 Å². The standard InChI is InChI=1S/C13H13F3N4O/c1-21-12-11(18-6-7-19-12)10(20-17)8-4-2-3-5-9(8)13(14,15)16/h2-7,10,20H,17H2,1H3. The molecule has 1 aromatic carbocycles. The number of hydrogen-bond acceptors (Lipinski definition) is 5. The first-order valence-electron chi connectivity index (χ1n) is 5.96. The molecule has 1 unspecified atom stereocenters. The molecule has 0 aliphatic rings. The van der Waals surface area contributed by atoms with Crippen molar-refractivity contribution in [2.45, 2.75) is 12.2 Å². The van der Waals surface area contributed by atoms with E-state index in [4.69, 9.17) is 10.6 Å². The van der Waals surface area contributed by atoms with Crippen molar-refractivity contribution >= 4 is 0 Å². The summed E-state index contributed by atoms with van der Waals surface area (Å²) in [4.78, 5) is 7.94. The highest BCUT2D eigenvalue weighted by Gasteiger charge is 2.36. The molecule has 8 heteroatoms. The van der Waals surface area contributed by atoms with Crippen LogP contribution < -0.4 is 16.0 Å². The molecule has 0 bridgehead atoms. The van der Waals surface area contributed by atoms with Gasteiger partial charge in [-0.25, -0.2) is 10.4 Å². The van der Waals surface area contributed by atoms with Crippen molar-refractivity contribution in [2.75, 3.05) is 7.11 Å². The van der Waals surface area contributed by atoms with Crippen LogP contribution in [0.1, 0.15) is 22.9 Å². The van der Waals surface area contributed by atoms with Crippen molar-refractivity contribution in [3.8, 4) is 5.88 Å². The van der Waals surface area contributed by atoms with E-state index in [-0.39, 0.29) is 17.1 Å². The maximum Gasteiger partial charge on any atom is 0.416 e. The lowest BCUT2D eigenvalue weighted by molar-refractivity contribution is -0.138. The van der Waals surface area contributed by atoms with Crippen molar-refractivity contribution in [3.63, 3.8) is 0 Å². The highest BCUT2D eigenvalue weighted by Crippen LogP contribution is 2.37. The number of hydrogen-bond donors (Lipinski definition) is 2. The third-order valence-electron chi connectivity index (χ3n) is 2.90. The molecule has 0 saturated carbocycles. The molecular weight excluding hydrogens is 285 g/mol. The third kappa shape index (κ3) is 3.11. The van der Waals surface area contributed by atoms with Crippen molar-refractivity contribution in [2.24, 2.45) is 5.84 Å². The average Bonchev–Trinajstić information content (AvgIpc) is 2.48. The molecule has 1 atom stereocenters. The molecule has 5 nitrogen and oxygen atoms in total. The largest absolute Gasteiger partial charge is 0.480 e. The molecule has 112 valence electrons. The molecular formula is C13H13F3N4O.